The first-order valence-electron chi connectivity index (χ1n) is 4.72. The predicted octanol–water partition coefficient (Wildman–Crippen LogP) is 0.0193. The van der Waals surface area contributed by atoms with Gasteiger partial charge in [0.15, 0.2) is 0 Å². The second-order valence-corrected chi connectivity index (χ2v) is 5.05. The van der Waals surface area contributed by atoms with Gasteiger partial charge in [-0.25, -0.2) is 13.1 Å². The highest BCUT2D eigenvalue weighted by molar-refractivity contribution is 7.90. The van der Waals surface area contributed by atoms with Crippen molar-refractivity contribution in [1.82, 2.24) is 10.0 Å². The van der Waals surface area contributed by atoms with E-state index in [0.29, 0.717) is 0 Å². The number of sulfonamides is 1. The zero-order valence-corrected chi connectivity index (χ0v) is 9.97. The summed E-state index contributed by atoms with van der Waals surface area (Å²) in [5.74, 6) is -0.580. The molecular weight excluding hydrogens is 228 g/mol. The molecule has 0 unspecified atom stereocenters. The van der Waals surface area contributed by atoms with Crippen LogP contribution < -0.4 is 10.0 Å². The Morgan fingerprint density at radius 3 is 2.31 bits per heavy atom. The molecule has 1 aromatic carbocycles. The number of carbonyl (C=O) groups excluding carboxylic acids is 1. The standard InChI is InChI=1S/C10H14N2O3S/c1-8-3-5-9(6-4-8)16(14,15)12-10(13)7-11-2/h3-6,11H,7H2,1-2H3,(H,12,13). The van der Waals surface area contributed by atoms with Gasteiger partial charge >= 0.3 is 0 Å². The van der Waals surface area contributed by atoms with Crippen molar-refractivity contribution in [3.05, 3.63) is 29.8 Å². The third kappa shape index (κ3) is 3.32. The maximum Gasteiger partial charge on any atom is 0.264 e. The van der Waals surface area contributed by atoms with Gasteiger partial charge in [-0.3, -0.25) is 4.79 Å². The average Bonchev–Trinajstić information content (AvgIpc) is 2.17. The van der Waals surface area contributed by atoms with E-state index in [0.717, 1.165) is 5.56 Å². The minimum Gasteiger partial charge on any atom is -0.311 e. The fourth-order valence-corrected chi connectivity index (χ4v) is 2.11. The quantitative estimate of drug-likeness (QED) is 0.780. The van der Waals surface area contributed by atoms with Crippen LogP contribution in [0.25, 0.3) is 0 Å². The van der Waals surface area contributed by atoms with Gasteiger partial charge in [-0.05, 0) is 26.1 Å². The lowest BCUT2D eigenvalue weighted by molar-refractivity contribution is -0.118. The lowest BCUT2D eigenvalue weighted by Crippen LogP contribution is -2.36. The van der Waals surface area contributed by atoms with Gasteiger partial charge in [0.25, 0.3) is 10.0 Å². The molecule has 88 valence electrons. The highest BCUT2D eigenvalue weighted by atomic mass is 32.2. The molecule has 5 nitrogen and oxygen atoms in total. The van der Waals surface area contributed by atoms with Gasteiger partial charge in [0.1, 0.15) is 0 Å². The van der Waals surface area contributed by atoms with Crippen molar-refractivity contribution in [3.8, 4) is 0 Å². The zero-order chi connectivity index (χ0) is 12.2. The monoisotopic (exact) mass is 242 g/mol. The lowest BCUT2D eigenvalue weighted by atomic mass is 10.2. The number of nitrogens with one attached hydrogen (secondary N) is 2. The van der Waals surface area contributed by atoms with Crippen LogP contribution in [0.3, 0.4) is 0 Å². The van der Waals surface area contributed by atoms with Crippen molar-refractivity contribution in [1.29, 1.82) is 0 Å². The van der Waals surface area contributed by atoms with Gasteiger partial charge in [0, 0.05) is 0 Å². The zero-order valence-electron chi connectivity index (χ0n) is 9.15. The molecule has 0 saturated carbocycles. The molecule has 0 fully saturated rings. The van der Waals surface area contributed by atoms with Crippen molar-refractivity contribution in [2.45, 2.75) is 11.8 Å². The molecule has 0 spiro atoms. The molecule has 1 amide bonds. The summed E-state index contributed by atoms with van der Waals surface area (Å²) in [6.45, 7) is 1.82. The highest BCUT2D eigenvalue weighted by Gasteiger charge is 2.16. The van der Waals surface area contributed by atoms with Crippen LogP contribution in [-0.2, 0) is 14.8 Å². The summed E-state index contributed by atoms with van der Waals surface area (Å²) in [7, 11) is -2.17. The van der Waals surface area contributed by atoms with Gasteiger partial charge in [-0.2, -0.15) is 0 Å². The fourth-order valence-electron chi connectivity index (χ4n) is 1.12. The molecule has 0 radical (unpaired) electrons. The topological polar surface area (TPSA) is 75.3 Å². The molecular formula is C10H14N2O3S. The Balaban J connectivity index is 2.86. The van der Waals surface area contributed by atoms with E-state index in [1.165, 1.54) is 12.1 Å². The van der Waals surface area contributed by atoms with Crippen LogP contribution in [0.5, 0.6) is 0 Å². The fraction of sp³-hybridized carbons (Fsp3) is 0.300. The van der Waals surface area contributed by atoms with Crippen LogP contribution >= 0.6 is 0 Å². The van der Waals surface area contributed by atoms with Crippen LogP contribution in [0.15, 0.2) is 29.2 Å². The van der Waals surface area contributed by atoms with E-state index in [2.05, 4.69) is 5.32 Å². The molecule has 0 atom stereocenters. The normalized spacial score (nSPS) is 11.1. The smallest absolute Gasteiger partial charge is 0.264 e. The Morgan fingerprint density at radius 2 is 1.81 bits per heavy atom. The van der Waals surface area contributed by atoms with Crippen LogP contribution in [0.2, 0.25) is 0 Å². The van der Waals surface area contributed by atoms with Gasteiger partial charge < -0.3 is 5.32 Å². The Labute approximate surface area is 94.9 Å². The number of aryl methyl sites for hydroxylation is 1. The van der Waals surface area contributed by atoms with Crippen molar-refractivity contribution >= 4 is 15.9 Å². The van der Waals surface area contributed by atoms with E-state index < -0.39 is 15.9 Å². The minimum atomic E-state index is -3.74. The molecule has 0 aliphatic carbocycles. The van der Waals surface area contributed by atoms with E-state index in [1.54, 1.807) is 19.2 Å². The predicted molar refractivity (Wildman–Crippen MR) is 60.4 cm³/mol. The summed E-state index contributed by atoms with van der Waals surface area (Å²) < 4.78 is 25.3. The second kappa shape index (κ2) is 5.09. The molecule has 2 N–H and O–H groups in total. The van der Waals surface area contributed by atoms with Crippen LogP contribution in [-0.4, -0.2) is 27.9 Å². The van der Waals surface area contributed by atoms with E-state index in [-0.39, 0.29) is 11.4 Å². The lowest BCUT2D eigenvalue weighted by Gasteiger charge is -2.06. The first-order valence-corrected chi connectivity index (χ1v) is 6.21. The summed E-state index contributed by atoms with van der Waals surface area (Å²) in [6.07, 6.45) is 0. The second-order valence-electron chi connectivity index (χ2n) is 3.37. The van der Waals surface area contributed by atoms with Crippen LogP contribution in [0.4, 0.5) is 0 Å². The molecule has 1 aromatic rings. The Bertz CT molecular complexity index is 465. The molecule has 0 aliphatic rings. The largest absolute Gasteiger partial charge is 0.311 e. The average molecular weight is 242 g/mol. The summed E-state index contributed by atoms with van der Waals surface area (Å²) in [6, 6.07) is 6.28. The first-order chi connectivity index (χ1) is 7.45. The van der Waals surface area contributed by atoms with Gasteiger partial charge in [0.05, 0.1) is 11.4 Å². The van der Waals surface area contributed by atoms with Crippen LogP contribution in [0.1, 0.15) is 5.56 Å². The van der Waals surface area contributed by atoms with Crippen molar-refractivity contribution in [2.24, 2.45) is 0 Å². The van der Waals surface area contributed by atoms with E-state index in [1.807, 2.05) is 11.6 Å². The summed E-state index contributed by atoms with van der Waals surface area (Å²) in [4.78, 5) is 11.2. The van der Waals surface area contributed by atoms with Gasteiger partial charge in [-0.15, -0.1) is 0 Å². The number of amides is 1. The summed E-state index contributed by atoms with van der Waals surface area (Å²) in [5.41, 5.74) is 0.959. The Kier molecular flexibility index (Phi) is 4.03. The van der Waals surface area contributed by atoms with E-state index in [9.17, 15) is 13.2 Å². The first kappa shape index (κ1) is 12.7. The molecule has 0 aromatic heterocycles. The maximum absolute atomic E-state index is 11.7. The molecule has 1 rings (SSSR count). The number of benzene rings is 1. The van der Waals surface area contributed by atoms with Gasteiger partial charge in [0.2, 0.25) is 5.91 Å². The maximum atomic E-state index is 11.7. The third-order valence-electron chi connectivity index (χ3n) is 1.92. The number of carbonyl (C=O) groups is 1. The van der Waals surface area contributed by atoms with Crippen molar-refractivity contribution in [3.63, 3.8) is 0 Å². The van der Waals surface area contributed by atoms with E-state index in [4.69, 9.17) is 0 Å². The molecule has 0 saturated heterocycles. The van der Waals surface area contributed by atoms with Crippen LogP contribution in [0, 0.1) is 6.92 Å². The number of rotatable bonds is 4. The molecule has 0 heterocycles. The number of hydrogen-bond acceptors (Lipinski definition) is 4. The Morgan fingerprint density at radius 1 is 1.25 bits per heavy atom. The van der Waals surface area contributed by atoms with E-state index >= 15 is 0 Å². The number of likely N-dealkylation sites (N-methyl/N-ethyl adjacent to an activating group) is 1. The summed E-state index contributed by atoms with van der Waals surface area (Å²) in [5, 5.41) is 2.57. The Hall–Kier alpha value is -1.40. The molecule has 16 heavy (non-hydrogen) atoms. The van der Waals surface area contributed by atoms with Crippen molar-refractivity contribution in [2.75, 3.05) is 13.6 Å². The van der Waals surface area contributed by atoms with Gasteiger partial charge in [-0.1, -0.05) is 17.7 Å². The number of hydrogen-bond donors (Lipinski definition) is 2. The van der Waals surface area contributed by atoms with Crippen molar-refractivity contribution < 1.29 is 13.2 Å². The highest BCUT2D eigenvalue weighted by Crippen LogP contribution is 2.09. The third-order valence-corrected chi connectivity index (χ3v) is 3.31. The minimum absolute atomic E-state index is 0.0366. The molecule has 6 heteroatoms. The summed E-state index contributed by atoms with van der Waals surface area (Å²) >= 11 is 0. The SMILES string of the molecule is CNCC(=O)NS(=O)(=O)c1ccc(C)cc1. The molecule has 0 aliphatic heterocycles. The molecule has 0 bridgehead atoms.